The molecule has 20 heavy (non-hydrogen) atoms. The second-order valence-electron chi connectivity index (χ2n) is 4.84. The molecule has 1 N–H and O–H groups in total. The van der Waals surface area contributed by atoms with Crippen molar-refractivity contribution in [1.82, 2.24) is 0 Å². The summed E-state index contributed by atoms with van der Waals surface area (Å²) >= 11 is 6.15. The SMILES string of the molecule is CC[C@@H](C(=O)Nc1ccc(C)cc1Cl)c1ccccc1. The van der Waals surface area contributed by atoms with Crippen LogP contribution in [0.5, 0.6) is 0 Å². The van der Waals surface area contributed by atoms with E-state index in [-0.39, 0.29) is 11.8 Å². The molecule has 0 fully saturated rings. The summed E-state index contributed by atoms with van der Waals surface area (Å²) in [4.78, 5) is 12.4. The maximum absolute atomic E-state index is 12.4. The van der Waals surface area contributed by atoms with Crippen LogP contribution in [0.15, 0.2) is 48.5 Å². The quantitative estimate of drug-likeness (QED) is 0.861. The Bertz CT molecular complexity index is 595. The molecule has 0 heterocycles. The number of aryl methyl sites for hydroxylation is 1. The van der Waals surface area contributed by atoms with Crippen molar-refractivity contribution < 1.29 is 4.79 Å². The molecule has 0 spiro atoms. The van der Waals surface area contributed by atoms with Gasteiger partial charge in [-0.1, -0.05) is 54.9 Å². The van der Waals surface area contributed by atoms with Gasteiger partial charge >= 0.3 is 0 Å². The molecule has 0 bridgehead atoms. The third-order valence-electron chi connectivity index (χ3n) is 3.31. The first-order valence-electron chi connectivity index (χ1n) is 6.73. The summed E-state index contributed by atoms with van der Waals surface area (Å²) < 4.78 is 0. The Balaban J connectivity index is 2.18. The van der Waals surface area contributed by atoms with Crippen molar-refractivity contribution >= 4 is 23.2 Å². The predicted octanol–water partition coefficient (Wildman–Crippen LogP) is 4.78. The number of halogens is 1. The number of carbonyl (C=O) groups excluding carboxylic acids is 1. The van der Waals surface area contributed by atoms with E-state index < -0.39 is 0 Å². The maximum atomic E-state index is 12.4. The van der Waals surface area contributed by atoms with Crippen molar-refractivity contribution in [3.63, 3.8) is 0 Å². The lowest BCUT2D eigenvalue weighted by molar-refractivity contribution is -0.117. The van der Waals surface area contributed by atoms with Crippen LogP contribution in [0.1, 0.15) is 30.4 Å². The van der Waals surface area contributed by atoms with Gasteiger partial charge in [-0.25, -0.2) is 0 Å². The zero-order valence-corrected chi connectivity index (χ0v) is 12.4. The fourth-order valence-corrected chi connectivity index (χ4v) is 2.48. The van der Waals surface area contributed by atoms with Crippen LogP contribution in [0.4, 0.5) is 5.69 Å². The summed E-state index contributed by atoms with van der Waals surface area (Å²) in [6.45, 7) is 3.98. The minimum absolute atomic E-state index is 0.0237. The van der Waals surface area contributed by atoms with Gasteiger partial charge in [-0.2, -0.15) is 0 Å². The average Bonchev–Trinajstić information content (AvgIpc) is 2.44. The van der Waals surface area contributed by atoms with Crippen molar-refractivity contribution in [3.8, 4) is 0 Å². The first kappa shape index (κ1) is 14.6. The molecule has 0 radical (unpaired) electrons. The minimum atomic E-state index is -0.159. The molecule has 1 atom stereocenters. The van der Waals surface area contributed by atoms with Gasteiger partial charge in [0, 0.05) is 0 Å². The number of hydrogen-bond acceptors (Lipinski definition) is 1. The fourth-order valence-electron chi connectivity index (χ4n) is 2.20. The molecule has 0 aliphatic carbocycles. The van der Waals surface area contributed by atoms with Gasteiger partial charge in [0.1, 0.15) is 0 Å². The van der Waals surface area contributed by atoms with E-state index in [1.165, 1.54) is 0 Å². The van der Waals surface area contributed by atoms with E-state index in [4.69, 9.17) is 11.6 Å². The number of nitrogens with one attached hydrogen (secondary N) is 1. The Morgan fingerprint density at radius 2 is 1.90 bits per heavy atom. The monoisotopic (exact) mass is 287 g/mol. The summed E-state index contributed by atoms with van der Waals surface area (Å²) in [5.74, 6) is -0.182. The van der Waals surface area contributed by atoms with Crippen molar-refractivity contribution in [3.05, 3.63) is 64.7 Å². The summed E-state index contributed by atoms with van der Waals surface area (Å²) in [6.07, 6.45) is 0.749. The van der Waals surface area contributed by atoms with Crippen molar-refractivity contribution in [1.29, 1.82) is 0 Å². The minimum Gasteiger partial charge on any atom is -0.324 e. The Kier molecular flexibility index (Phi) is 4.80. The molecule has 104 valence electrons. The molecule has 0 aliphatic heterocycles. The first-order valence-corrected chi connectivity index (χ1v) is 7.11. The molecular formula is C17H18ClNO. The molecule has 2 nitrogen and oxygen atoms in total. The van der Waals surface area contributed by atoms with Crippen LogP contribution < -0.4 is 5.32 Å². The lowest BCUT2D eigenvalue weighted by Crippen LogP contribution is -2.20. The van der Waals surface area contributed by atoms with Gasteiger partial charge in [-0.15, -0.1) is 0 Å². The molecule has 2 rings (SSSR count). The van der Waals surface area contributed by atoms with Gasteiger partial charge < -0.3 is 5.32 Å². The second-order valence-corrected chi connectivity index (χ2v) is 5.25. The molecule has 3 heteroatoms. The van der Waals surface area contributed by atoms with Crippen molar-refractivity contribution in [2.24, 2.45) is 0 Å². The molecule has 0 unspecified atom stereocenters. The molecule has 0 saturated carbocycles. The van der Waals surface area contributed by atoms with Crippen LogP contribution in [0, 0.1) is 6.92 Å². The Hall–Kier alpha value is -1.80. The number of amides is 1. The number of rotatable bonds is 4. The third kappa shape index (κ3) is 3.40. The summed E-state index contributed by atoms with van der Waals surface area (Å²) in [5, 5.41) is 3.49. The first-order chi connectivity index (χ1) is 9.61. The summed E-state index contributed by atoms with van der Waals surface area (Å²) in [5.41, 5.74) is 2.76. The van der Waals surface area contributed by atoms with Crippen LogP contribution in [0.3, 0.4) is 0 Å². The molecular weight excluding hydrogens is 270 g/mol. The van der Waals surface area contributed by atoms with Gasteiger partial charge in [0.15, 0.2) is 0 Å². The highest BCUT2D eigenvalue weighted by atomic mass is 35.5. The van der Waals surface area contributed by atoms with E-state index in [1.54, 1.807) is 0 Å². The predicted molar refractivity (Wildman–Crippen MR) is 84.3 cm³/mol. The zero-order valence-electron chi connectivity index (χ0n) is 11.7. The molecule has 0 aliphatic rings. The zero-order chi connectivity index (χ0) is 14.5. The van der Waals surface area contributed by atoms with Gasteiger partial charge in [-0.3, -0.25) is 4.79 Å². The van der Waals surface area contributed by atoms with Crippen molar-refractivity contribution in [2.45, 2.75) is 26.2 Å². The largest absolute Gasteiger partial charge is 0.324 e. The van der Waals surface area contributed by atoms with Gasteiger partial charge in [-0.05, 0) is 36.6 Å². The Labute approximate surface area is 124 Å². The van der Waals surface area contributed by atoms with Crippen LogP contribution in [0.25, 0.3) is 0 Å². The normalized spacial score (nSPS) is 11.9. The van der Waals surface area contributed by atoms with Crippen LogP contribution in [-0.2, 0) is 4.79 Å². The van der Waals surface area contributed by atoms with Crippen LogP contribution in [0.2, 0.25) is 5.02 Å². The molecule has 1 amide bonds. The van der Waals surface area contributed by atoms with E-state index >= 15 is 0 Å². The number of carbonyl (C=O) groups is 1. The van der Waals surface area contributed by atoms with E-state index in [0.29, 0.717) is 10.7 Å². The molecule has 0 saturated heterocycles. The van der Waals surface area contributed by atoms with Crippen molar-refractivity contribution in [2.75, 3.05) is 5.32 Å². The van der Waals surface area contributed by atoms with Crippen LogP contribution >= 0.6 is 11.6 Å². The smallest absolute Gasteiger partial charge is 0.231 e. The Morgan fingerprint density at radius 1 is 1.20 bits per heavy atom. The number of hydrogen-bond donors (Lipinski definition) is 1. The van der Waals surface area contributed by atoms with E-state index in [1.807, 2.05) is 62.4 Å². The van der Waals surface area contributed by atoms with E-state index in [2.05, 4.69) is 5.32 Å². The highest BCUT2D eigenvalue weighted by molar-refractivity contribution is 6.33. The topological polar surface area (TPSA) is 29.1 Å². The lowest BCUT2D eigenvalue weighted by atomic mass is 9.95. The highest BCUT2D eigenvalue weighted by Gasteiger charge is 2.19. The maximum Gasteiger partial charge on any atom is 0.231 e. The second kappa shape index (κ2) is 6.58. The number of benzene rings is 2. The van der Waals surface area contributed by atoms with Crippen LogP contribution in [-0.4, -0.2) is 5.91 Å². The average molecular weight is 288 g/mol. The standard InChI is InChI=1S/C17H18ClNO/c1-3-14(13-7-5-4-6-8-13)17(20)19-16-10-9-12(2)11-15(16)18/h4-11,14H,3H2,1-2H3,(H,19,20)/t14-/m1/s1. The van der Waals surface area contributed by atoms with Gasteiger partial charge in [0.2, 0.25) is 5.91 Å². The lowest BCUT2D eigenvalue weighted by Gasteiger charge is -2.16. The van der Waals surface area contributed by atoms with Gasteiger partial charge in [0.25, 0.3) is 0 Å². The third-order valence-corrected chi connectivity index (χ3v) is 3.62. The molecule has 2 aromatic rings. The van der Waals surface area contributed by atoms with E-state index in [0.717, 1.165) is 17.5 Å². The molecule has 2 aromatic carbocycles. The molecule has 0 aromatic heterocycles. The summed E-state index contributed by atoms with van der Waals surface area (Å²) in [6, 6.07) is 15.4. The Morgan fingerprint density at radius 3 is 2.50 bits per heavy atom. The highest BCUT2D eigenvalue weighted by Crippen LogP contribution is 2.26. The number of anilines is 1. The summed E-state index contributed by atoms with van der Waals surface area (Å²) in [7, 11) is 0. The van der Waals surface area contributed by atoms with E-state index in [9.17, 15) is 4.79 Å². The van der Waals surface area contributed by atoms with Gasteiger partial charge in [0.05, 0.1) is 16.6 Å². The fraction of sp³-hybridized carbons (Fsp3) is 0.235.